The number of methoxy groups -OCH3 is 2. The largest absolute Gasteiger partial charge is 0.493 e. The molecular formula is C24H35N5O5. The van der Waals surface area contributed by atoms with E-state index in [1.165, 1.54) is 11.8 Å². The molecule has 34 heavy (non-hydrogen) atoms. The summed E-state index contributed by atoms with van der Waals surface area (Å²) >= 11 is 0. The molecule has 186 valence electrons. The van der Waals surface area contributed by atoms with Crippen molar-refractivity contribution in [3.63, 3.8) is 0 Å². The standard InChI is InChI=1S/C24H35N5O5/c1-17(23(31)26-11-8-6-5-7-9-22(30)28-32)15-27-24(25-2)29-12-10-18-13-20(33-3)21(34-4)14-19(18)16-29/h13-15,32H,2,5-12,16H2,1,3-4H3,(H,26,31)(H,28,30)/b17-15+,27-24+. The number of nitrogens with zero attached hydrogens (tertiary/aromatic N) is 3. The van der Waals surface area contributed by atoms with E-state index in [0.29, 0.717) is 49.0 Å². The van der Waals surface area contributed by atoms with E-state index >= 15 is 0 Å². The van der Waals surface area contributed by atoms with E-state index in [2.05, 4.69) is 22.0 Å². The van der Waals surface area contributed by atoms with E-state index in [1.807, 2.05) is 17.0 Å². The van der Waals surface area contributed by atoms with E-state index in [4.69, 9.17) is 14.7 Å². The molecule has 0 saturated heterocycles. The summed E-state index contributed by atoms with van der Waals surface area (Å²) in [5.41, 5.74) is 4.39. The zero-order valence-electron chi connectivity index (χ0n) is 20.2. The molecule has 1 aliphatic heterocycles. The number of amides is 2. The lowest BCUT2D eigenvalue weighted by Gasteiger charge is -2.30. The Morgan fingerprint density at radius 1 is 1.15 bits per heavy atom. The minimum Gasteiger partial charge on any atom is -0.493 e. The molecule has 2 rings (SSSR count). The average Bonchev–Trinajstić information content (AvgIpc) is 2.86. The van der Waals surface area contributed by atoms with Crippen molar-refractivity contribution in [2.24, 2.45) is 9.98 Å². The van der Waals surface area contributed by atoms with Gasteiger partial charge in [-0.15, -0.1) is 0 Å². The Balaban J connectivity index is 1.87. The molecule has 0 aliphatic carbocycles. The highest BCUT2D eigenvalue weighted by Gasteiger charge is 2.21. The van der Waals surface area contributed by atoms with Gasteiger partial charge in [-0.3, -0.25) is 14.8 Å². The van der Waals surface area contributed by atoms with Crippen LogP contribution >= 0.6 is 0 Å². The molecule has 0 spiro atoms. The smallest absolute Gasteiger partial charge is 0.248 e. The Morgan fingerprint density at radius 2 is 1.82 bits per heavy atom. The summed E-state index contributed by atoms with van der Waals surface area (Å²) in [6.45, 7) is 7.21. The molecule has 1 aromatic carbocycles. The monoisotopic (exact) mass is 473 g/mol. The van der Waals surface area contributed by atoms with Crippen LogP contribution in [-0.2, 0) is 22.6 Å². The lowest BCUT2D eigenvalue weighted by Crippen LogP contribution is -2.35. The number of nitrogens with one attached hydrogen (secondary N) is 2. The van der Waals surface area contributed by atoms with Gasteiger partial charge in [0.1, 0.15) is 0 Å². The first-order valence-electron chi connectivity index (χ1n) is 11.3. The van der Waals surface area contributed by atoms with Crippen molar-refractivity contribution in [2.75, 3.05) is 27.3 Å². The van der Waals surface area contributed by atoms with Gasteiger partial charge in [-0.2, -0.15) is 0 Å². The Labute approximate surface area is 200 Å². The fourth-order valence-electron chi connectivity index (χ4n) is 3.65. The van der Waals surface area contributed by atoms with Gasteiger partial charge in [0.15, 0.2) is 11.5 Å². The molecule has 0 unspecified atom stereocenters. The normalized spacial score (nSPS) is 13.7. The predicted octanol–water partition coefficient (Wildman–Crippen LogP) is 2.59. The van der Waals surface area contributed by atoms with Crippen LogP contribution in [0.15, 0.2) is 33.9 Å². The van der Waals surface area contributed by atoms with Crippen molar-refractivity contribution in [1.82, 2.24) is 15.7 Å². The average molecular weight is 474 g/mol. The number of benzene rings is 1. The molecule has 3 N–H and O–H groups in total. The summed E-state index contributed by atoms with van der Waals surface area (Å²) in [6.07, 6.45) is 5.87. The van der Waals surface area contributed by atoms with Crippen LogP contribution in [0.3, 0.4) is 0 Å². The highest BCUT2D eigenvalue weighted by molar-refractivity contribution is 5.93. The first kappa shape index (κ1) is 26.8. The minimum absolute atomic E-state index is 0.187. The Hall–Kier alpha value is -3.40. The van der Waals surface area contributed by atoms with Gasteiger partial charge in [-0.25, -0.2) is 15.5 Å². The van der Waals surface area contributed by atoms with Gasteiger partial charge in [0.25, 0.3) is 0 Å². The Morgan fingerprint density at radius 3 is 2.47 bits per heavy atom. The molecule has 0 saturated carbocycles. The summed E-state index contributed by atoms with van der Waals surface area (Å²) in [5.74, 6) is 1.28. The van der Waals surface area contributed by atoms with E-state index in [1.54, 1.807) is 26.6 Å². The number of hydrogen-bond acceptors (Lipinski definition) is 6. The molecule has 0 atom stereocenters. The predicted molar refractivity (Wildman–Crippen MR) is 130 cm³/mol. The van der Waals surface area contributed by atoms with Gasteiger partial charge in [0.2, 0.25) is 17.8 Å². The summed E-state index contributed by atoms with van der Waals surface area (Å²) in [5, 5.41) is 11.3. The molecule has 1 aliphatic rings. The number of carbonyl (C=O) groups excluding carboxylic acids is 2. The second kappa shape index (κ2) is 14.0. The zero-order chi connectivity index (χ0) is 24.9. The van der Waals surface area contributed by atoms with Gasteiger partial charge < -0.3 is 19.7 Å². The van der Waals surface area contributed by atoms with Crippen molar-refractivity contribution < 1.29 is 24.3 Å². The van der Waals surface area contributed by atoms with E-state index in [0.717, 1.165) is 37.8 Å². The lowest BCUT2D eigenvalue weighted by atomic mass is 9.99. The number of fused-ring (bicyclic) bond motifs is 1. The highest BCUT2D eigenvalue weighted by Crippen LogP contribution is 2.33. The second-order valence-corrected chi connectivity index (χ2v) is 8.00. The summed E-state index contributed by atoms with van der Waals surface area (Å²) in [6, 6.07) is 3.97. The number of carbonyl (C=O) groups is 2. The maximum Gasteiger partial charge on any atom is 0.248 e. The van der Waals surface area contributed by atoms with Gasteiger partial charge in [0.05, 0.1) is 14.2 Å². The number of hydrogen-bond donors (Lipinski definition) is 3. The zero-order valence-corrected chi connectivity index (χ0v) is 20.2. The van der Waals surface area contributed by atoms with Gasteiger partial charge >= 0.3 is 0 Å². The number of rotatable bonds is 11. The maximum absolute atomic E-state index is 12.3. The topological polar surface area (TPSA) is 125 Å². The SMILES string of the molecule is C=N/C(=N\C=C(/C)C(=O)NCCCCCCC(=O)NO)N1CCc2cc(OC)c(OC)cc2C1. The molecule has 1 heterocycles. The summed E-state index contributed by atoms with van der Waals surface area (Å²) in [7, 11) is 3.24. The number of unbranched alkanes of at least 4 members (excludes halogenated alkanes) is 3. The van der Waals surface area contributed by atoms with Crippen LogP contribution in [0, 0.1) is 0 Å². The molecule has 0 aromatic heterocycles. The van der Waals surface area contributed by atoms with Crippen molar-refractivity contribution in [1.29, 1.82) is 0 Å². The van der Waals surface area contributed by atoms with Gasteiger partial charge in [0, 0.05) is 37.8 Å². The molecule has 2 amide bonds. The lowest BCUT2D eigenvalue weighted by molar-refractivity contribution is -0.129. The maximum atomic E-state index is 12.3. The third kappa shape index (κ3) is 7.87. The number of guanidine groups is 1. The van der Waals surface area contributed by atoms with Crippen LogP contribution in [0.25, 0.3) is 0 Å². The van der Waals surface area contributed by atoms with Crippen molar-refractivity contribution in [3.8, 4) is 11.5 Å². The molecule has 10 nitrogen and oxygen atoms in total. The van der Waals surface area contributed by atoms with Crippen LogP contribution in [0.2, 0.25) is 0 Å². The van der Waals surface area contributed by atoms with Crippen LogP contribution in [0.1, 0.15) is 50.2 Å². The van der Waals surface area contributed by atoms with Crippen LogP contribution in [-0.4, -0.2) is 61.9 Å². The van der Waals surface area contributed by atoms with Crippen molar-refractivity contribution in [3.05, 3.63) is 35.0 Å². The van der Waals surface area contributed by atoms with Gasteiger partial charge in [-0.05, 0) is 56.2 Å². The van der Waals surface area contributed by atoms with Gasteiger partial charge in [-0.1, -0.05) is 12.8 Å². The second-order valence-electron chi connectivity index (χ2n) is 8.00. The first-order chi connectivity index (χ1) is 16.4. The number of aliphatic imine (C=N–C) groups is 2. The molecule has 1 aromatic rings. The third-order valence-corrected chi connectivity index (χ3v) is 5.62. The number of ether oxygens (including phenoxy) is 2. The van der Waals surface area contributed by atoms with Crippen molar-refractivity contribution in [2.45, 2.75) is 52.0 Å². The fourth-order valence-corrected chi connectivity index (χ4v) is 3.65. The minimum atomic E-state index is -0.378. The Bertz CT molecular complexity index is 929. The van der Waals surface area contributed by atoms with Crippen LogP contribution in [0.5, 0.6) is 11.5 Å². The van der Waals surface area contributed by atoms with Crippen LogP contribution in [0.4, 0.5) is 0 Å². The molecule has 0 bridgehead atoms. The molecule has 0 fully saturated rings. The van der Waals surface area contributed by atoms with E-state index in [9.17, 15) is 9.59 Å². The van der Waals surface area contributed by atoms with Crippen LogP contribution < -0.4 is 20.3 Å². The number of hydroxylamine groups is 1. The molecular weight excluding hydrogens is 438 g/mol. The Kier molecular flexibility index (Phi) is 11.0. The molecule has 0 radical (unpaired) electrons. The van der Waals surface area contributed by atoms with E-state index < -0.39 is 0 Å². The third-order valence-electron chi connectivity index (χ3n) is 5.62. The van der Waals surface area contributed by atoms with E-state index in [-0.39, 0.29) is 11.8 Å². The highest BCUT2D eigenvalue weighted by atomic mass is 16.5. The summed E-state index contributed by atoms with van der Waals surface area (Å²) in [4.78, 5) is 33.7. The summed E-state index contributed by atoms with van der Waals surface area (Å²) < 4.78 is 10.8. The molecule has 10 heteroatoms. The first-order valence-corrected chi connectivity index (χ1v) is 11.3. The van der Waals surface area contributed by atoms with Crippen molar-refractivity contribution >= 4 is 24.5 Å². The fraction of sp³-hybridized carbons (Fsp3) is 0.500. The quantitative estimate of drug-likeness (QED) is 0.113.